The zero-order valence-electron chi connectivity index (χ0n) is 7.86. The molecule has 14 heavy (non-hydrogen) atoms. The molecule has 0 spiro atoms. The summed E-state index contributed by atoms with van der Waals surface area (Å²) in [6, 6.07) is 1.48. The molecular weight excluding hydrogens is 335 g/mol. The first-order valence-electron chi connectivity index (χ1n) is 2.78. The summed E-state index contributed by atoms with van der Waals surface area (Å²) in [5, 5.41) is 20.2. The Bertz CT molecular complexity index is 249. The smallest absolute Gasteiger partial charge is 0.601 e. The maximum Gasteiger partial charge on any atom is 1.00 e. The number of rotatable bonds is 5. The molecule has 0 fully saturated rings. The van der Waals surface area contributed by atoms with Crippen molar-refractivity contribution >= 4 is 12.4 Å². The molecule has 0 aromatic rings. The van der Waals surface area contributed by atoms with E-state index in [0.717, 1.165) is 12.7 Å². The van der Waals surface area contributed by atoms with E-state index in [1.807, 2.05) is 0 Å². The number of carbonyl (C=O) groups excluding carboxylic acids is 2. The number of carbonyl (C=O) groups is 1. The Kier molecular flexibility index (Phi) is 21.8. The quantitative estimate of drug-likeness (QED) is 0.303. The van der Waals surface area contributed by atoms with Gasteiger partial charge in [0.05, 0.1) is 18.3 Å². The van der Waals surface area contributed by atoms with Gasteiger partial charge in [-0.3, -0.25) is 0 Å². The molecule has 0 saturated heterocycles. The fourth-order valence-corrected chi connectivity index (χ4v) is 0.357. The largest absolute Gasteiger partial charge is 1.00 e. The zero-order valence-corrected chi connectivity index (χ0v) is 17.7. The average Bonchev–Trinajstić information content (AvgIpc) is 2.02. The molecule has 0 amide bonds. The normalized spacial score (nSPS) is 8.36. The van der Waals surface area contributed by atoms with Crippen molar-refractivity contribution in [2.45, 2.75) is 0 Å². The van der Waals surface area contributed by atoms with Crippen LogP contribution in [0.25, 0.3) is 0 Å². The second kappa shape index (κ2) is 14.6. The van der Waals surface area contributed by atoms with E-state index in [9.17, 15) is 14.7 Å². The van der Waals surface area contributed by atoms with E-state index < -0.39 is 12.5 Å². The molecule has 0 bridgehead atoms. The van der Waals surface area contributed by atoms with Crippen molar-refractivity contribution in [2.24, 2.45) is 0 Å². The number of allylic oxidation sites excluding steroid dienone is 1. The third-order valence-electron chi connectivity index (χ3n) is 0.741. The first kappa shape index (κ1) is 20.9. The number of nitrogens with one attached hydrogen (secondary N) is 1. The molecule has 6 nitrogen and oxygen atoms in total. The van der Waals surface area contributed by atoms with Gasteiger partial charge in [-0.2, -0.15) is 0 Å². The van der Waals surface area contributed by atoms with Crippen LogP contribution in [-0.2, 0) is 14.3 Å². The molecular formula is C6H4N2O4Rb2. The number of carboxylic acid groups (broad SMARTS) is 1. The van der Waals surface area contributed by atoms with Crippen molar-refractivity contribution in [3.63, 3.8) is 0 Å². The van der Waals surface area contributed by atoms with Crippen LogP contribution in [0.15, 0.2) is 12.0 Å². The average molecular weight is 339 g/mol. The predicted molar refractivity (Wildman–Crippen MR) is 33.5 cm³/mol. The van der Waals surface area contributed by atoms with Crippen LogP contribution in [0.1, 0.15) is 0 Å². The number of hydrogen-bond acceptors (Lipinski definition) is 6. The Balaban J connectivity index is -0.000000605. The SMILES string of the molecule is N#C/C(=C\NCC(=O)[O-])O[C-]=O.[Rb+].[Rb+]. The van der Waals surface area contributed by atoms with Crippen molar-refractivity contribution in [2.75, 3.05) is 6.54 Å². The monoisotopic (exact) mass is 338 g/mol. The summed E-state index contributed by atoms with van der Waals surface area (Å²) < 4.78 is 3.99. The summed E-state index contributed by atoms with van der Waals surface area (Å²) in [6.07, 6.45) is 0.931. The molecule has 0 radical (unpaired) electrons. The summed E-state index contributed by atoms with van der Waals surface area (Å²) >= 11 is 0. The Labute approximate surface area is 179 Å². The van der Waals surface area contributed by atoms with Gasteiger partial charge < -0.3 is 24.7 Å². The van der Waals surface area contributed by atoms with Gasteiger partial charge in [0.25, 0.3) is 0 Å². The zero-order chi connectivity index (χ0) is 9.40. The van der Waals surface area contributed by atoms with E-state index in [1.54, 1.807) is 0 Å². The number of hydrogen-bond donors (Lipinski definition) is 1. The van der Waals surface area contributed by atoms with E-state index >= 15 is 0 Å². The van der Waals surface area contributed by atoms with Crippen LogP contribution in [0.2, 0.25) is 0 Å². The van der Waals surface area contributed by atoms with Gasteiger partial charge in [0.15, 0.2) is 6.47 Å². The van der Waals surface area contributed by atoms with Gasteiger partial charge in [-0.25, -0.2) is 5.26 Å². The third kappa shape index (κ3) is 13.6. The van der Waals surface area contributed by atoms with Gasteiger partial charge in [-0.15, -0.1) is 0 Å². The predicted octanol–water partition coefficient (Wildman–Crippen LogP) is -8.22. The van der Waals surface area contributed by atoms with Crippen molar-refractivity contribution in [3.05, 3.63) is 12.0 Å². The summed E-state index contributed by atoms with van der Waals surface area (Å²) in [7, 11) is 0. The molecule has 0 rings (SSSR count). The van der Waals surface area contributed by atoms with Crippen molar-refractivity contribution in [1.29, 1.82) is 5.26 Å². The first-order valence-corrected chi connectivity index (χ1v) is 2.78. The molecule has 0 unspecified atom stereocenters. The van der Waals surface area contributed by atoms with Gasteiger partial charge in [0.1, 0.15) is 0 Å². The van der Waals surface area contributed by atoms with Crippen LogP contribution in [0.5, 0.6) is 0 Å². The molecule has 0 aliphatic carbocycles. The van der Waals surface area contributed by atoms with E-state index in [4.69, 9.17) is 5.26 Å². The van der Waals surface area contributed by atoms with Crippen molar-refractivity contribution in [1.82, 2.24) is 5.32 Å². The van der Waals surface area contributed by atoms with E-state index in [2.05, 4.69) is 10.1 Å². The molecule has 0 saturated carbocycles. The number of nitriles is 1. The Morgan fingerprint density at radius 3 is 2.57 bits per heavy atom. The second-order valence-electron chi connectivity index (χ2n) is 1.56. The van der Waals surface area contributed by atoms with Crippen LogP contribution in [0.4, 0.5) is 0 Å². The van der Waals surface area contributed by atoms with Crippen molar-refractivity contribution < 1.29 is 136 Å². The summed E-state index contributed by atoms with van der Waals surface area (Å²) in [6.45, 7) is 0.548. The van der Waals surface area contributed by atoms with Crippen LogP contribution in [-0.4, -0.2) is 19.0 Å². The number of ether oxygens (including phenoxy) is 1. The fraction of sp³-hybridized carbons (Fsp3) is 0.167. The van der Waals surface area contributed by atoms with Crippen LogP contribution in [0.3, 0.4) is 0 Å². The summed E-state index contributed by atoms with van der Waals surface area (Å²) in [5.41, 5.74) is 0. The minimum Gasteiger partial charge on any atom is -0.601 e. The van der Waals surface area contributed by atoms with E-state index in [0.29, 0.717) is 0 Å². The molecule has 0 aliphatic rings. The number of carboxylic acids is 1. The Morgan fingerprint density at radius 1 is 1.64 bits per heavy atom. The molecule has 0 heterocycles. The maximum absolute atomic E-state index is 9.82. The number of nitrogens with zero attached hydrogens (tertiary/aromatic N) is 1. The summed E-state index contributed by atoms with van der Waals surface area (Å²) in [5.74, 6) is -1.70. The molecule has 0 aromatic heterocycles. The Morgan fingerprint density at radius 2 is 2.21 bits per heavy atom. The Hall–Kier alpha value is 1.58. The standard InChI is InChI=1S/C6H5N2O4.2Rb/c7-1-5(12-4-9)2-8-3-6(10)11;;/h2,8H,3H2,(H,10,11);;/q-1;2*+1/p-1/b5-2+;;. The topological polar surface area (TPSA) is 102 Å². The third-order valence-corrected chi connectivity index (χ3v) is 0.741. The van der Waals surface area contributed by atoms with Gasteiger partial charge in [0.2, 0.25) is 0 Å². The second-order valence-corrected chi connectivity index (χ2v) is 1.56. The van der Waals surface area contributed by atoms with Gasteiger partial charge in [-0.1, -0.05) is 0 Å². The molecule has 8 heteroatoms. The minimum absolute atomic E-state index is 0. The van der Waals surface area contributed by atoms with E-state index in [-0.39, 0.29) is 122 Å². The summed E-state index contributed by atoms with van der Waals surface area (Å²) in [4.78, 5) is 19.4. The van der Waals surface area contributed by atoms with Gasteiger partial charge in [0, 0.05) is 6.07 Å². The number of aliphatic carboxylic acids is 1. The molecule has 0 aliphatic heterocycles. The van der Waals surface area contributed by atoms with Crippen molar-refractivity contribution in [3.8, 4) is 6.07 Å². The van der Waals surface area contributed by atoms with Crippen LogP contribution < -0.4 is 127 Å². The molecule has 0 atom stereocenters. The first-order chi connectivity index (χ1) is 5.70. The van der Waals surface area contributed by atoms with Gasteiger partial charge >= 0.3 is 116 Å². The van der Waals surface area contributed by atoms with Crippen LogP contribution in [0, 0.1) is 11.3 Å². The fourth-order valence-electron chi connectivity index (χ4n) is 0.357. The minimum atomic E-state index is -1.33. The molecule has 1 N–H and O–H groups in total. The van der Waals surface area contributed by atoms with E-state index in [1.165, 1.54) is 6.07 Å². The molecule has 0 aromatic carbocycles. The molecule has 64 valence electrons. The maximum atomic E-state index is 9.82. The van der Waals surface area contributed by atoms with Gasteiger partial charge in [-0.05, 0) is 6.20 Å². The van der Waals surface area contributed by atoms with Crippen LogP contribution >= 0.6 is 0 Å².